The molecular formula is C23H25N5O3. The zero-order valence-corrected chi connectivity index (χ0v) is 17.8. The fourth-order valence-electron chi connectivity index (χ4n) is 4.08. The van der Waals surface area contributed by atoms with Gasteiger partial charge in [0.1, 0.15) is 11.3 Å². The maximum atomic E-state index is 13.1. The van der Waals surface area contributed by atoms with Crippen LogP contribution in [-0.2, 0) is 9.59 Å². The number of pyridine rings is 2. The Bertz CT molecular complexity index is 1170. The first-order valence-corrected chi connectivity index (χ1v) is 10.2. The van der Waals surface area contributed by atoms with Crippen molar-refractivity contribution in [3.05, 3.63) is 71.4 Å². The number of carbonyl (C=O) groups excluding carboxylic acids is 2. The van der Waals surface area contributed by atoms with Gasteiger partial charge >= 0.3 is 0 Å². The first-order valence-electron chi connectivity index (χ1n) is 10.2. The maximum absolute atomic E-state index is 13.1. The van der Waals surface area contributed by atoms with Gasteiger partial charge in [0.15, 0.2) is 5.76 Å². The molecule has 3 aromatic heterocycles. The second kappa shape index (κ2) is 8.31. The standard InChI is InChI=1S/C23H25N5O3/c1-15-19(27-12-5-4-9-17(27)25-15)21(29)18-20(16-8-6-10-24-14-16)28(23(31)22(18)30)13-7-11-26(2)3/h4-6,8-10,12,14,20,29H,7,11,13H2,1-3H3/t20-/m0/s1. The van der Waals surface area contributed by atoms with Gasteiger partial charge in [-0.1, -0.05) is 12.1 Å². The predicted molar refractivity (Wildman–Crippen MR) is 116 cm³/mol. The molecule has 1 N–H and O–H groups in total. The smallest absolute Gasteiger partial charge is 0.295 e. The molecule has 8 heteroatoms. The van der Waals surface area contributed by atoms with Crippen LogP contribution < -0.4 is 0 Å². The van der Waals surface area contributed by atoms with E-state index in [0.717, 1.165) is 6.54 Å². The van der Waals surface area contributed by atoms with Crippen LogP contribution in [0, 0.1) is 6.92 Å². The Morgan fingerprint density at radius 3 is 2.71 bits per heavy atom. The molecule has 0 unspecified atom stereocenters. The lowest BCUT2D eigenvalue weighted by molar-refractivity contribution is -0.139. The molecule has 0 radical (unpaired) electrons. The highest BCUT2D eigenvalue weighted by atomic mass is 16.3. The van der Waals surface area contributed by atoms with Gasteiger partial charge < -0.3 is 14.9 Å². The SMILES string of the molecule is Cc1nc2ccccn2c1C(O)=C1C(=O)C(=O)N(CCCN(C)C)[C@H]1c1cccnc1. The van der Waals surface area contributed by atoms with Crippen molar-refractivity contribution in [3.8, 4) is 0 Å². The number of aliphatic hydroxyl groups is 1. The van der Waals surface area contributed by atoms with Gasteiger partial charge in [0, 0.05) is 25.1 Å². The molecule has 31 heavy (non-hydrogen) atoms. The van der Waals surface area contributed by atoms with Gasteiger partial charge in [-0.2, -0.15) is 0 Å². The molecule has 1 saturated heterocycles. The minimum Gasteiger partial charge on any atom is -0.505 e. The maximum Gasteiger partial charge on any atom is 0.295 e. The Kier molecular flexibility index (Phi) is 5.56. The lowest BCUT2D eigenvalue weighted by Crippen LogP contribution is -2.32. The number of fused-ring (bicyclic) bond motifs is 1. The summed E-state index contributed by atoms with van der Waals surface area (Å²) in [6, 6.07) is 8.37. The van der Waals surface area contributed by atoms with Gasteiger partial charge in [0.2, 0.25) is 0 Å². The number of imidazole rings is 1. The van der Waals surface area contributed by atoms with E-state index in [9.17, 15) is 14.7 Å². The Balaban J connectivity index is 1.86. The number of ketones is 1. The third-order valence-corrected chi connectivity index (χ3v) is 5.47. The molecule has 0 spiro atoms. The summed E-state index contributed by atoms with van der Waals surface area (Å²) in [5.74, 6) is -1.53. The highest BCUT2D eigenvalue weighted by Crippen LogP contribution is 2.39. The minimum atomic E-state index is -0.704. The van der Waals surface area contributed by atoms with Gasteiger partial charge in [-0.25, -0.2) is 4.98 Å². The summed E-state index contributed by atoms with van der Waals surface area (Å²) >= 11 is 0. The number of rotatable bonds is 6. The van der Waals surface area contributed by atoms with Crippen LogP contribution >= 0.6 is 0 Å². The number of carbonyl (C=O) groups is 2. The van der Waals surface area contributed by atoms with Crippen LogP contribution in [-0.4, -0.2) is 68.2 Å². The summed E-state index contributed by atoms with van der Waals surface area (Å²) in [5, 5.41) is 11.3. The first-order chi connectivity index (χ1) is 14.9. The van der Waals surface area contributed by atoms with Crippen LogP contribution in [0.15, 0.2) is 54.5 Å². The molecule has 0 saturated carbocycles. The number of hydrogen-bond acceptors (Lipinski definition) is 6. The molecule has 160 valence electrons. The van der Waals surface area contributed by atoms with Crippen LogP contribution in [0.3, 0.4) is 0 Å². The number of likely N-dealkylation sites (tertiary alicyclic amines) is 1. The quantitative estimate of drug-likeness (QED) is 0.375. The highest BCUT2D eigenvalue weighted by Gasteiger charge is 2.46. The fraction of sp³-hybridized carbons (Fsp3) is 0.304. The number of aliphatic hydroxyl groups excluding tert-OH is 1. The molecule has 4 rings (SSSR count). The van der Waals surface area contributed by atoms with Gasteiger partial charge in [0.05, 0.1) is 17.3 Å². The van der Waals surface area contributed by atoms with Gasteiger partial charge in [0.25, 0.3) is 11.7 Å². The summed E-state index contributed by atoms with van der Waals surface area (Å²) < 4.78 is 1.73. The van der Waals surface area contributed by atoms with E-state index >= 15 is 0 Å². The Morgan fingerprint density at radius 1 is 1.19 bits per heavy atom. The summed E-state index contributed by atoms with van der Waals surface area (Å²) in [5.41, 5.74) is 2.39. The van der Waals surface area contributed by atoms with Crippen LogP contribution in [0.4, 0.5) is 0 Å². The second-order valence-corrected chi connectivity index (χ2v) is 7.91. The van der Waals surface area contributed by atoms with Crippen molar-refractivity contribution >= 4 is 23.1 Å². The van der Waals surface area contributed by atoms with Crippen LogP contribution in [0.25, 0.3) is 11.4 Å². The van der Waals surface area contributed by atoms with Crippen molar-refractivity contribution in [1.82, 2.24) is 24.2 Å². The van der Waals surface area contributed by atoms with Crippen molar-refractivity contribution in [2.75, 3.05) is 27.2 Å². The molecule has 1 amide bonds. The lowest BCUT2D eigenvalue weighted by Gasteiger charge is -2.25. The molecule has 0 aromatic carbocycles. The molecular weight excluding hydrogens is 394 g/mol. The van der Waals surface area contributed by atoms with Crippen molar-refractivity contribution in [2.24, 2.45) is 0 Å². The fourth-order valence-corrected chi connectivity index (χ4v) is 4.08. The Labute approximate surface area is 180 Å². The van der Waals surface area contributed by atoms with Crippen molar-refractivity contribution < 1.29 is 14.7 Å². The number of aromatic nitrogens is 3. The average Bonchev–Trinajstić information content (AvgIpc) is 3.22. The zero-order chi connectivity index (χ0) is 22.1. The zero-order valence-electron chi connectivity index (χ0n) is 17.8. The van der Waals surface area contributed by atoms with E-state index < -0.39 is 17.7 Å². The first kappa shape index (κ1) is 20.7. The third kappa shape index (κ3) is 3.70. The van der Waals surface area contributed by atoms with Crippen LogP contribution in [0.1, 0.15) is 29.4 Å². The van der Waals surface area contributed by atoms with Crippen LogP contribution in [0.5, 0.6) is 0 Å². The summed E-state index contributed by atoms with van der Waals surface area (Å²) in [6.07, 6.45) is 5.74. The molecule has 1 aliphatic rings. The Morgan fingerprint density at radius 2 is 2.00 bits per heavy atom. The minimum absolute atomic E-state index is 0.0663. The van der Waals surface area contributed by atoms with E-state index in [4.69, 9.17) is 0 Å². The van der Waals surface area contributed by atoms with E-state index in [-0.39, 0.29) is 11.3 Å². The van der Waals surface area contributed by atoms with Crippen molar-refractivity contribution in [2.45, 2.75) is 19.4 Å². The summed E-state index contributed by atoms with van der Waals surface area (Å²) in [6.45, 7) is 2.94. The Hall–Kier alpha value is -3.52. The van der Waals surface area contributed by atoms with Crippen LogP contribution in [0.2, 0.25) is 0 Å². The molecule has 1 atom stereocenters. The lowest BCUT2D eigenvalue weighted by atomic mass is 9.97. The van der Waals surface area contributed by atoms with Crippen molar-refractivity contribution in [3.63, 3.8) is 0 Å². The monoisotopic (exact) mass is 419 g/mol. The molecule has 1 fully saturated rings. The predicted octanol–water partition coefficient (Wildman–Crippen LogP) is 2.41. The van der Waals surface area contributed by atoms with Gasteiger partial charge in [-0.3, -0.25) is 19.0 Å². The summed E-state index contributed by atoms with van der Waals surface area (Å²) in [4.78, 5) is 38.3. The molecule has 8 nitrogen and oxygen atoms in total. The average molecular weight is 419 g/mol. The number of Topliss-reactive ketones (excluding diaryl/α,β-unsaturated/α-hetero) is 1. The molecule has 0 aliphatic carbocycles. The molecule has 0 bridgehead atoms. The molecule has 3 aromatic rings. The van der Waals surface area contributed by atoms with E-state index in [1.165, 1.54) is 4.90 Å². The van der Waals surface area contributed by atoms with Crippen molar-refractivity contribution in [1.29, 1.82) is 0 Å². The van der Waals surface area contributed by atoms with E-state index in [2.05, 4.69) is 9.97 Å². The topological polar surface area (TPSA) is 91.0 Å². The van der Waals surface area contributed by atoms with Gasteiger partial charge in [-0.05, 0) is 57.7 Å². The molecule has 4 heterocycles. The van der Waals surface area contributed by atoms with E-state index in [1.54, 1.807) is 36.0 Å². The number of hydrogen-bond donors (Lipinski definition) is 1. The largest absolute Gasteiger partial charge is 0.505 e. The van der Waals surface area contributed by atoms with Gasteiger partial charge in [-0.15, -0.1) is 0 Å². The molecule has 1 aliphatic heterocycles. The summed E-state index contributed by atoms with van der Waals surface area (Å²) in [7, 11) is 3.92. The number of aryl methyl sites for hydroxylation is 1. The highest BCUT2D eigenvalue weighted by molar-refractivity contribution is 6.46. The normalized spacial score (nSPS) is 18.5. The van der Waals surface area contributed by atoms with E-state index in [1.807, 2.05) is 43.3 Å². The third-order valence-electron chi connectivity index (χ3n) is 5.47. The van der Waals surface area contributed by atoms with E-state index in [0.29, 0.717) is 35.6 Å². The number of amides is 1. The second-order valence-electron chi connectivity index (χ2n) is 7.91. The number of nitrogens with zero attached hydrogens (tertiary/aromatic N) is 5.